The molecule has 3 N–H and O–H groups in total. The first kappa shape index (κ1) is 14.7. The average Bonchev–Trinajstić information content (AvgIpc) is 2.45. The fraction of sp³-hybridized carbons (Fsp3) is 0.533. The highest BCUT2D eigenvalue weighted by Gasteiger charge is 2.20. The summed E-state index contributed by atoms with van der Waals surface area (Å²) in [4.78, 5) is 11.8. The van der Waals surface area contributed by atoms with Crippen molar-refractivity contribution in [2.24, 2.45) is 5.92 Å². The first-order chi connectivity index (χ1) is 9.67. The van der Waals surface area contributed by atoms with Crippen LogP contribution < -0.4 is 15.4 Å². The van der Waals surface area contributed by atoms with E-state index in [9.17, 15) is 9.90 Å². The van der Waals surface area contributed by atoms with Gasteiger partial charge in [0.2, 0.25) is 0 Å². The zero-order valence-electron chi connectivity index (χ0n) is 11.8. The Kier molecular flexibility index (Phi) is 5.24. The van der Waals surface area contributed by atoms with Crippen LogP contribution in [0, 0.1) is 5.92 Å². The third-order valence-corrected chi connectivity index (χ3v) is 3.63. The molecule has 0 radical (unpaired) electrons. The largest absolute Gasteiger partial charge is 0.497 e. The van der Waals surface area contributed by atoms with E-state index in [-0.39, 0.29) is 12.1 Å². The molecule has 0 aromatic heterocycles. The molecule has 110 valence electrons. The van der Waals surface area contributed by atoms with Crippen molar-refractivity contribution in [2.75, 3.05) is 19.0 Å². The summed E-state index contributed by atoms with van der Waals surface area (Å²) in [5.74, 6) is 1.08. The third-order valence-electron chi connectivity index (χ3n) is 3.63. The van der Waals surface area contributed by atoms with Gasteiger partial charge >= 0.3 is 6.03 Å². The summed E-state index contributed by atoms with van der Waals surface area (Å²) in [6.07, 6.45) is 3.55. The quantitative estimate of drug-likeness (QED) is 0.792. The Bertz CT molecular complexity index is 450. The van der Waals surface area contributed by atoms with Gasteiger partial charge in [0.1, 0.15) is 5.75 Å². The number of carbonyl (C=O) groups excluding carboxylic acids is 1. The Morgan fingerprint density at radius 3 is 3.05 bits per heavy atom. The standard InChI is InChI=1S/C15H22N2O3/c1-20-14-7-3-5-12(9-14)17-15(19)16-10-11-4-2-6-13(18)8-11/h3,5,7,9,11,13,18H,2,4,6,8,10H2,1H3,(H2,16,17,19). The van der Waals surface area contributed by atoms with Crippen LogP contribution in [0.3, 0.4) is 0 Å². The van der Waals surface area contributed by atoms with E-state index in [0.29, 0.717) is 23.9 Å². The molecule has 1 saturated carbocycles. The SMILES string of the molecule is COc1cccc(NC(=O)NCC2CCCC(O)C2)c1. The van der Waals surface area contributed by atoms with Crippen LogP contribution in [-0.4, -0.2) is 30.9 Å². The second-order valence-corrected chi connectivity index (χ2v) is 5.25. The first-order valence-electron chi connectivity index (χ1n) is 7.04. The summed E-state index contributed by atoms with van der Waals surface area (Å²) >= 11 is 0. The lowest BCUT2D eigenvalue weighted by molar-refractivity contribution is 0.101. The van der Waals surface area contributed by atoms with Crippen LogP contribution in [-0.2, 0) is 0 Å². The van der Waals surface area contributed by atoms with E-state index in [2.05, 4.69) is 10.6 Å². The number of aliphatic hydroxyl groups excluding tert-OH is 1. The number of anilines is 1. The number of benzene rings is 1. The minimum atomic E-state index is -0.224. The Balaban J connectivity index is 1.77. The van der Waals surface area contributed by atoms with Crippen LogP contribution in [0.2, 0.25) is 0 Å². The van der Waals surface area contributed by atoms with Crippen LogP contribution in [0.15, 0.2) is 24.3 Å². The van der Waals surface area contributed by atoms with E-state index in [4.69, 9.17) is 4.74 Å². The molecule has 2 atom stereocenters. The fourth-order valence-electron chi connectivity index (χ4n) is 2.56. The van der Waals surface area contributed by atoms with Crippen molar-refractivity contribution < 1.29 is 14.6 Å². The van der Waals surface area contributed by atoms with Gasteiger partial charge in [-0.3, -0.25) is 0 Å². The van der Waals surface area contributed by atoms with Gasteiger partial charge in [-0.25, -0.2) is 4.79 Å². The molecule has 0 bridgehead atoms. The zero-order valence-corrected chi connectivity index (χ0v) is 11.8. The van der Waals surface area contributed by atoms with Crippen molar-refractivity contribution in [3.05, 3.63) is 24.3 Å². The molecule has 0 heterocycles. The van der Waals surface area contributed by atoms with Crippen molar-refractivity contribution in [1.82, 2.24) is 5.32 Å². The molecule has 0 saturated heterocycles. The number of hydrogen-bond donors (Lipinski definition) is 3. The van der Waals surface area contributed by atoms with E-state index in [0.717, 1.165) is 25.7 Å². The van der Waals surface area contributed by atoms with E-state index < -0.39 is 0 Å². The van der Waals surface area contributed by atoms with E-state index >= 15 is 0 Å². The predicted octanol–water partition coefficient (Wildman–Crippen LogP) is 2.37. The number of amides is 2. The molecular formula is C15H22N2O3. The van der Waals surface area contributed by atoms with Gasteiger partial charge in [-0.2, -0.15) is 0 Å². The molecule has 1 aromatic carbocycles. The Morgan fingerprint density at radius 1 is 1.45 bits per heavy atom. The number of methoxy groups -OCH3 is 1. The lowest BCUT2D eigenvalue weighted by Crippen LogP contribution is -2.35. The average molecular weight is 278 g/mol. The molecule has 1 aliphatic rings. The maximum atomic E-state index is 11.8. The van der Waals surface area contributed by atoms with Gasteiger partial charge in [0.15, 0.2) is 0 Å². The molecule has 1 aliphatic carbocycles. The number of nitrogens with one attached hydrogen (secondary N) is 2. The van der Waals surface area contributed by atoms with Gasteiger partial charge in [-0.1, -0.05) is 12.5 Å². The van der Waals surface area contributed by atoms with Crippen molar-refractivity contribution in [2.45, 2.75) is 31.8 Å². The highest BCUT2D eigenvalue weighted by Crippen LogP contribution is 2.23. The molecule has 0 spiro atoms. The molecule has 2 amide bonds. The molecule has 5 nitrogen and oxygen atoms in total. The third kappa shape index (κ3) is 4.42. The Hall–Kier alpha value is -1.75. The number of ether oxygens (including phenoxy) is 1. The first-order valence-corrected chi connectivity index (χ1v) is 7.04. The molecule has 2 rings (SSSR count). The van der Waals surface area contributed by atoms with Crippen LogP contribution in [0.1, 0.15) is 25.7 Å². The number of aliphatic hydroxyl groups is 1. The number of hydrogen-bond acceptors (Lipinski definition) is 3. The van der Waals surface area contributed by atoms with Gasteiger partial charge in [-0.15, -0.1) is 0 Å². The minimum absolute atomic E-state index is 0.211. The summed E-state index contributed by atoms with van der Waals surface area (Å²) in [5, 5.41) is 15.2. The Labute approximate surface area is 119 Å². The second kappa shape index (κ2) is 7.14. The summed E-state index contributed by atoms with van der Waals surface area (Å²) in [6.45, 7) is 0.604. The molecular weight excluding hydrogens is 256 g/mol. The van der Waals surface area contributed by atoms with Crippen LogP contribution in [0.5, 0.6) is 5.75 Å². The number of carbonyl (C=O) groups is 1. The highest BCUT2D eigenvalue weighted by atomic mass is 16.5. The summed E-state index contributed by atoms with van der Waals surface area (Å²) in [5.41, 5.74) is 0.700. The lowest BCUT2D eigenvalue weighted by Gasteiger charge is -2.25. The molecule has 5 heteroatoms. The highest BCUT2D eigenvalue weighted by molar-refractivity contribution is 5.89. The molecule has 1 fully saturated rings. The van der Waals surface area contributed by atoms with Crippen molar-refractivity contribution in [3.63, 3.8) is 0 Å². The lowest BCUT2D eigenvalue weighted by atomic mass is 9.87. The van der Waals surface area contributed by atoms with Crippen molar-refractivity contribution in [3.8, 4) is 5.75 Å². The van der Waals surface area contributed by atoms with E-state index in [1.165, 1.54) is 0 Å². The van der Waals surface area contributed by atoms with Gasteiger partial charge in [0.25, 0.3) is 0 Å². The molecule has 0 aliphatic heterocycles. The zero-order chi connectivity index (χ0) is 14.4. The fourth-order valence-corrected chi connectivity index (χ4v) is 2.56. The molecule has 2 unspecified atom stereocenters. The number of rotatable bonds is 4. The minimum Gasteiger partial charge on any atom is -0.497 e. The van der Waals surface area contributed by atoms with Crippen LogP contribution in [0.4, 0.5) is 10.5 Å². The van der Waals surface area contributed by atoms with Gasteiger partial charge < -0.3 is 20.5 Å². The molecule has 20 heavy (non-hydrogen) atoms. The van der Waals surface area contributed by atoms with Crippen LogP contribution in [0.25, 0.3) is 0 Å². The summed E-state index contributed by atoms with van der Waals surface area (Å²) < 4.78 is 5.10. The maximum absolute atomic E-state index is 11.8. The smallest absolute Gasteiger partial charge is 0.319 e. The second-order valence-electron chi connectivity index (χ2n) is 5.25. The van der Waals surface area contributed by atoms with Crippen LogP contribution >= 0.6 is 0 Å². The van der Waals surface area contributed by atoms with Gasteiger partial charge in [-0.05, 0) is 37.3 Å². The summed E-state index contributed by atoms with van der Waals surface area (Å²) in [6, 6.07) is 7.01. The monoisotopic (exact) mass is 278 g/mol. The molecule has 1 aromatic rings. The summed E-state index contributed by atoms with van der Waals surface area (Å²) in [7, 11) is 1.59. The van der Waals surface area contributed by atoms with E-state index in [1.807, 2.05) is 18.2 Å². The van der Waals surface area contributed by atoms with Gasteiger partial charge in [0.05, 0.1) is 13.2 Å². The van der Waals surface area contributed by atoms with E-state index in [1.54, 1.807) is 13.2 Å². The normalized spacial score (nSPS) is 22.1. The predicted molar refractivity (Wildman–Crippen MR) is 78.0 cm³/mol. The van der Waals surface area contributed by atoms with Crippen molar-refractivity contribution >= 4 is 11.7 Å². The number of urea groups is 1. The Morgan fingerprint density at radius 2 is 2.30 bits per heavy atom. The van der Waals surface area contributed by atoms with Gasteiger partial charge in [0, 0.05) is 18.3 Å². The maximum Gasteiger partial charge on any atom is 0.319 e. The topological polar surface area (TPSA) is 70.6 Å². The van der Waals surface area contributed by atoms with Crippen molar-refractivity contribution in [1.29, 1.82) is 0 Å².